The van der Waals surface area contributed by atoms with Gasteiger partial charge in [-0.1, -0.05) is 13.0 Å². The maximum Gasteiger partial charge on any atom is 0.0439 e. The van der Waals surface area contributed by atoms with Crippen LogP contribution in [0.2, 0.25) is 0 Å². The summed E-state index contributed by atoms with van der Waals surface area (Å²) < 4.78 is 0. The SMILES string of the molecule is CCc1nc2c(cc1C1CC1)CCC2. The second-order valence-corrected chi connectivity index (χ2v) is 4.61. The standard InChI is InChI=1S/C13H17N/c1-2-12-11(9-6-7-9)8-10-4-3-5-13(10)14-12/h8-9H,2-7H2,1H3. The zero-order valence-corrected chi connectivity index (χ0v) is 8.84. The van der Waals surface area contributed by atoms with Crippen LogP contribution in [0.1, 0.15) is 54.6 Å². The first-order chi connectivity index (χ1) is 6.88. The Balaban J connectivity index is 2.08. The lowest BCUT2D eigenvalue weighted by Gasteiger charge is -2.09. The summed E-state index contributed by atoms with van der Waals surface area (Å²) in [7, 11) is 0. The predicted octanol–water partition coefficient (Wildman–Crippen LogP) is 3.01. The predicted molar refractivity (Wildman–Crippen MR) is 57.6 cm³/mol. The van der Waals surface area contributed by atoms with E-state index in [1.807, 2.05) is 0 Å². The summed E-state index contributed by atoms with van der Waals surface area (Å²) in [5, 5.41) is 0. The van der Waals surface area contributed by atoms with E-state index in [0.717, 1.165) is 12.3 Å². The number of pyridine rings is 1. The Hall–Kier alpha value is -0.850. The van der Waals surface area contributed by atoms with Crippen molar-refractivity contribution in [2.45, 2.75) is 51.4 Å². The number of aromatic nitrogens is 1. The minimum atomic E-state index is 0.864. The summed E-state index contributed by atoms with van der Waals surface area (Å²) in [5.41, 5.74) is 5.90. The molecule has 1 aromatic rings. The van der Waals surface area contributed by atoms with Crippen LogP contribution in [0.4, 0.5) is 0 Å². The van der Waals surface area contributed by atoms with Gasteiger partial charge in [-0.3, -0.25) is 4.98 Å². The van der Waals surface area contributed by atoms with Crippen LogP contribution in [0, 0.1) is 0 Å². The Morgan fingerprint density at radius 2 is 2.21 bits per heavy atom. The van der Waals surface area contributed by atoms with Crippen LogP contribution >= 0.6 is 0 Å². The third-order valence-corrected chi connectivity index (χ3v) is 3.52. The fourth-order valence-electron chi connectivity index (χ4n) is 2.56. The normalized spacial score (nSPS) is 19.8. The molecule has 0 bridgehead atoms. The fraction of sp³-hybridized carbons (Fsp3) is 0.615. The first kappa shape index (κ1) is 8.46. The lowest BCUT2D eigenvalue weighted by molar-refractivity contribution is 0.885. The van der Waals surface area contributed by atoms with E-state index < -0.39 is 0 Å². The first-order valence-electron chi connectivity index (χ1n) is 5.90. The molecule has 1 heterocycles. The van der Waals surface area contributed by atoms with Crippen LogP contribution in [-0.4, -0.2) is 4.98 Å². The number of hydrogen-bond acceptors (Lipinski definition) is 1. The molecular weight excluding hydrogens is 170 g/mol. The fourth-order valence-corrected chi connectivity index (χ4v) is 2.56. The smallest absolute Gasteiger partial charge is 0.0439 e. The van der Waals surface area contributed by atoms with E-state index in [-0.39, 0.29) is 0 Å². The van der Waals surface area contributed by atoms with E-state index >= 15 is 0 Å². The molecule has 14 heavy (non-hydrogen) atoms. The Morgan fingerprint density at radius 3 is 2.93 bits per heavy atom. The zero-order valence-electron chi connectivity index (χ0n) is 8.84. The van der Waals surface area contributed by atoms with Gasteiger partial charge in [0.25, 0.3) is 0 Å². The second-order valence-electron chi connectivity index (χ2n) is 4.61. The highest BCUT2D eigenvalue weighted by Crippen LogP contribution is 2.42. The van der Waals surface area contributed by atoms with Crippen molar-refractivity contribution in [2.24, 2.45) is 0 Å². The van der Waals surface area contributed by atoms with E-state index in [2.05, 4.69) is 13.0 Å². The third-order valence-electron chi connectivity index (χ3n) is 3.52. The van der Waals surface area contributed by atoms with E-state index in [1.165, 1.54) is 43.5 Å². The quantitative estimate of drug-likeness (QED) is 0.693. The number of aryl methyl sites for hydroxylation is 3. The molecule has 1 aromatic heterocycles. The van der Waals surface area contributed by atoms with Crippen LogP contribution in [0.25, 0.3) is 0 Å². The summed E-state index contributed by atoms with van der Waals surface area (Å²) in [4.78, 5) is 4.83. The third kappa shape index (κ3) is 1.26. The van der Waals surface area contributed by atoms with Crippen LogP contribution in [-0.2, 0) is 19.3 Å². The van der Waals surface area contributed by atoms with Crippen LogP contribution in [0.3, 0.4) is 0 Å². The van der Waals surface area contributed by atoms with Crippen molar-refractivity contribution in [3.05, 3.63) is 28.6 Å². The maximum absolute atomic E-state index is 4.83. The molecule has 74 valence electrons. The summed E-state index contributed by atoms with van der Waals surface area (Å²) in [6.07, 6.45) is 7.71. The highest BCUT2D eigenvalue weighted by Gasteiger charge is 2.28. The summed E-state index contributed by atoms with van der Waals surface area (Å²) in [6, 6.07) is 2.46. The molecule has 3 rings (SSSR count). The molecule has 0 spiro atoms. The van der Waals surface area contributed by atoms with Gasteiger partial charge < -0.3 is 0 Å². The van der Waals surface area contributed by atoms with E-state index in [9.17, 15) is 0 Å². The average Bonchev–Trinajstić information content (AvgIpc) is 2.95. The Labute approximate surface area is 85.6 Å². The Kier molecular flexibility index (Phi) is 1.86. The molecule has 0 aromatic carbocycles. The van der Waals surface area contributed by atoms with E-state index in [1.54, 1.807) is 11.1 Å². The highest BCUT2D eigenvalue weighted by molar-refractivity contribution is 5.37. The van der Waals surface area contributed by atoms with Gasteiger partial charge >= 0.3 is 0 Å². The molecule has 1 heteroatoms. The van der Waals surface area contributed by atoms with Gasteiger partial charge in [0.05, 0.1) is 0 Å². The molecule has 1 saturated carbocycles. The second kappa shape index (κ2) is 3.08. The molecule has 0 radical (unpaired) electrons. The van der Waals surface area contributed by atoms with Gasteiger partial charge in [-0.25, -0.2) is 0 Å². The van der Waals surface area contributed by atoms with Gasteiger partial charge in [0.1, 0.15) is 0 Å². The van der Waals surface area contributed by atoms with Gasteiger partial charge in [-0.05, 0) is 55.6 Å². The molecule has 2 aliphatic carbocycles. The van der Waals surface area contributed by atoms with Crippen LogP contribution < -0.4 is 0 Å². The van der Waals surface area contributed by atoms with Gasteiger partial charge in [0, 0.05) is 11.4 Å². The van der Waals surface area contributed by atoms with Crippen LogP contribution in [0.15, 0.2) is 6.07 Å². The minimum absolute atomic E-state index is 0.864. The van der Waals surface area contributed by atoms with Crippen molar-refractivity contribution in [3.63, 3.8) is 0 Å². The van der Waals surface area contributed by atoms with E-state index in [0.29, 0.717) is 0 Å². The van der Waals surface area contributed by atoms with Gasteiger partial charge in [0.2, 0.25) is 0 Å². The van der Waals surface area contributed by atoms with Gasteiger partial charge in [-0.15, -0.1) is 0 Å². The molecule has 1 fully saturated rings. The largest absolute Gasteiger partial charge is 0.257 e. The van der Waals surface area contributed by atoms with Crippen molar-refractivity contribution in [1.82, 2.24) is 4.98 Å². The van der Waals surface area contributed by atoms with Gasteiger partial charge in [0.15, 0.2) is 0 Å². The number of rotatable bonds is 2. The summed E-state index contributed by atoms with van der Waals surface area (Å²) >= 11 is 0. The monoisotopic (exact) mass is 187 g/mol. The molecule has 0 unspecified atom stereocenters. The van der Waals surface area contributed by atoms with Crippen molar-refractivity contribution < 1.29 is 0 Å². The molecule has 0 aliphatic heterocycles. The molecule has 0 atom stereocenters. The highest BCUT2D eigenvalue weighted by atomic mass is 14.7. The molecule has 0 saturated heterocycles. The minimum Gasteiger partial charge on any atom is -0.257 e. The van der Waals surface area contributed by atoms with Crippen LogP contribution in [0.5, 0.6) is 0 Å². The van der Waals surface area contributed by atoms with Gasteiger partial charge in [-0.2, -0.15) is 0 Å². The summed E-state index contributed by atoms with van der Waals surface area (Å²) in [5.74, 6) is 0.864. The number of nitrogens with zero attached hydrogens (tertiary/aromatic N) is 1. The molecule has 2 aliphatic rings. The van der Waals surface area contributed by atoms with E-state index in [4.69, 9.17) is 4.98 Å². The molecule has 0 amide bonds. The first-order valence-corrected chi connectivity index (χ1v) is 5.90. The number of fused-ring (bicyclic) bond motifs is 1. The maximum atomic E-state index is 4.83. The number of hydrogen-bond donors (Lipinski definition) is 0. The lowest BCUT2D eigenvalue weighted by atomic mass is 10.0. The van der Waals surface area contributed by atoms with Crippen molar-refractivity contribution >= 4 is 0 Å². The Bertz CT molecular complexity index is 364. The average molecular weight is 187 g/mol. The summed E-state index contributed by atoms with van der Waals surface area (Å²) in [6.45, 7) is 2.23. The zero-order chi connectivity index (χ0) is 9.54. The van der Waals surface area contributed by atoms with Crippen molar-refractivity contribution in [3.8, 4) is 0 Å². The van der Waals surface area contributed by atoms with Crippen molar-refractivity contribution in [1.29, 1.82) is 0 Å². The topological polar surface area (TPSA) is 12.9 Å². The molecule has 1 nitrogen and oxygen atoms in total. The lowest BCUT2D eigenvalue weighted by Crippen LogP contribution is -2.00. The Morgan fingerprint density at radius 1 is 1.36 bits per heavy atom. The molecular formula is C13H17N. The van der Waals surface area contributed by atoms with Crippen molar-refractivity contribution in [2.75, 3.05) is 0 Å². The molecule has 0 N–H and O–H groups in total.